The Morgan fingerprint density at radius 2 is 1.67 bits per heavy atom. The first kappa shape index (κ1) is 18.8. The van der Waals surface area contributed by atoms with Crippen molar-refractivity contribution in [3.63, 3.8) is 0 Å². The minimum Gasteiger partial charge on any atom is -0.368 e. The van der Waals surface area contributed by atoms with Gasteiger partial charge in [0.15, 0.2) is 0 Å². The highest BCUT2D eigenvalue weighted by Crippen LogP contribution is 2.17. The van der Waals surface area contributed by atoms with E-state index in [4.69, 9.17) is 0 Å². The standard InChI is InChI=1S/C19H22FN5O2/c1-14(26)22-16-2-4-17(5-3-16)23-19(27)13-24-6-8-25(9-7-24)18-10-15(20)11-21-12-18/h2-5,10-12H,6-9,13H2,1H3,(H,22,26)(H,23,27). The van der Waals surface area contributed by atoms with Gasteiger partial charge in [-0.25, -0.2) is 4.39 Å². The van der Waals surface area contributed by atoms with Crippen molar-refractivity contribution in [2.24, 2.45) is 0 Å². The van der Waals surface area contributed by atoms with Gasteiger partial charge in [-0.1, -0.05) is 0 Å². The zero-order valence-electron chi connectivity index (χ0n) is 15.1. The molecule has 0 bridgehead atoms. The Labute approximate surface area is 157 Å². The van der Waals surface area contributed by atoms with E-state index in [0.29, 0.717) is 44.1 Å². The van der Waals surface area contributed by atoms with Crippen LogP contribution in [0.4, 0.5) is 21.5 Å². The SMILES string of the molecule is CC(=O)Nc1ccc(NC(=O)CN2CCN(c3cncc(F)c3)CC2)cc1. The van der Waals surface area contributed by atoms with Crippen molar-refractivity contribution in [2.75, 3.05) is 48.3 Å². The molecule has 0 unspecified atom stereocenters. The molecular formula is C19H22FN5O2. The largest absolute Gasteiger partial charge is 0.368 e. The number of amides is 2. The fourth-order valence-electron chi connectivity index (χ4n) is 2.98. The summed E-state index contributed by atoms with van der Waals surface area (Å²) in [5, 5.41) is 5.53. The smallest absolute Gasteiger partial charge is 0.238 e. The number of nitrogens with zero attached hydrogens (tertiary/aromatic N) is 3. The second-order valence-corrected chi connectivity index (χ2v) is 6.43. The lowest BCUT2D eigenvalue weighted by Crippen LogP contribution is -2.48. The molecule has 27 heavy (non-hydrogen) atoms. The summed E-state index contributed by atoms with van der Waals surface area (Å²) < 4.78 is 13.3. The lowest BCUT2D eigenvalue weighted by molar-refractivity contribution is -0.117. The Morgan fingerprint density at radius 3 is 2.26 bits per heavy atom. The van der Waals surface area contributed by atoms with Crippen molar-refractivity contribution in [1.82, 2.24) is 9.88 Å². The van der Waals surface area contributed by atoms with Crippen molar-refractivity contribution in [2.45, 2.75) is 6.92 Å². The molecule has 0 atom stereocenters. The molecule has 1 aliphatic rings. The van der Waals surface area contributed by atoms with Crippen LogP contribution in [0, 0.1) is 5.82 Å². The first-order chi connectivity index (χ1) is 13.0. The van der Waals surface area contributed by atoms with E-state index in [-0.39, 0.29) is 17.6 Å². The molecule has 0 saturated carbocycles. The number of carbonyl (C=O) groups excluding carboxylic acids is 2. The Morgan fingerprint density at radius 1 is 1.04 bits per heavy atom. The number of rotatable bonds is 5. The fraction of sp³-hybridized carbons (Fsp3) is 0.316. The van der Waals surface area contributed by atoms with Crippen LogP contribution in [-0.4, -0.2) is 54.4 Å². The quantitative estimate of drug-likeness (QED) is 0.840. The topological polar surface area (TPSA) is 77.6 Å². The molecule has 142 valence electrons. The molecule has 2 N–H and O–H groups in total. The molecule has 7 nitrogen and oxygen atoms in total. The number of anilines is 3. The third-order valence-corrected chi connectivity index (χ3v) is 4.28. The summed E-state index contributed by atoms with van der Waals surface area (Å²) in [6.07, 6.45) is 2.84. The van der Waals surface area contributed by atoms with Gasteiger partial charge in [-0.3, -0.25) is 19.5 Å². The summed E-state index contributed by atoms with van der Waals surface area (Å²) in [5.41, 5.74) is 2.13. The van der Waals surface area contributed by atoms with Crippen LogP contribution in [-0.2, 0) is 9.59 Å². The van der Waals surface area contributed by atoms with E-state index >= 15 is 0 Å². The molecule has 1 aliphatic heterocycles. The first-order valence-electron chi connectivity index (χ1n) is 8.75. The van der Waals surface area contributed by atoms with E-state index in [0.717, 1.165) is 5.69 Å². The lowest BCUT2D eigenvalue weighted by Gasteiger charge is -2.35. The third-order valence-electron chi connectivity index (χ3n) is 4.28. The lowest BCUT2D eigenvalue weighted by atomic mass is 10.2. The third kappa shape index (κ3) is 5.49. The van der Waals surface area contributed by atoms with Crippen LogP contribution in [0.2, 0.25) is 0 Å². The fourth-order valence-corrected chi connectivity index (χ4v) is 2.98. The van der Waals surface area contributed by atoms with Gasteiger partial charge in [0.05, 0.1) is 24.6 Å². The number of piperazine rings is 1. The van der Waals surface area contributed by atoms with Gasteiger partial charge in [-0.05, 0) is 24.3 Å². The van der Waals surface area contributed by atoms with Crippen LogP contribution in [0.3, 0.4) is 0 Å². The van der Waals surface area contributed by atoms with Crippen molar-refractivity contribution < 1.29 is 14.0 Å². The number of carbonyl (C=O) groups is 2. The van der Waals surface area contributed by atoms with Crippen LogP contribution in [0.1, 0.15) is 6.92 Å². The zero-order valence-corrected chi connectivity index (χ0v) is 15.1. The van der Waals surface area contributed by atoms with Crippen LogP contribution < -0.4 is 15.5 Å². The Hall–Kier alpha value is -3.00. The maximum absolute atomic E-state index is 13.3. The molecule has 1 fully saturated rings. The molecule has 0 aliphatic carbocycles. The molecule has 1 aromatic carbocycles. The molecule has 1 aromatic heterocycles. The van der Waals surface area contributed by atoms with E-state index in [1.807, 2.05) is 0 Å². The summed E-state index contributed by atoms with van der Waals surface area (Å²) in [6.45, 7) is 4.59. The van der Waals surface area contributed by atoms with E-state index in [1.54, 1.807) is 30.5 Å². The summed E-state index contributed by atoms with van der Waals surface area (Å²) in [7, 11) is 0. The normalized spacial score (nSPS) is 14.7. The molecule has 8 heteroatoms. The van der Waals surface area contributed by atoms with E-state index in [2.05, 4.69) is 25.4 Å². The van der Waals surface area contributed by atoms with Crippen LogP contribution in [0.5, 0.6) is 0 Å². The summed E-state index contributed by atoms with van der Waals surface area (Å²) in [6, 6.07) is 8.45. The predicted octanol–water partition coefficient (Wildman–Crippen LogP) is 1.94. The van der Waals surface area contributed by atoms with Crippen LogP contribution in [0.15, 0.2) is 42.7 Å². The summed E-state index contributed by atoms with van der Waals surface area (Å²) in [4.78, 5) is 31.3. The number of halogens is 1. The molecule has 2 amide bonds. The highest BCUT2D eigenvalue weighted by molar-refractivity contribution is 5.93. The Bertz CT molecular complexity index is 804. The number of hydrogen-bond acceptors (Lipinski definition) is 5. The van der Waals surface area contributed by atoms with Crippen LogP contribution >= 0.6 is 0 Å². The molecule has 2 aromatic rings. The van der Waals surface area contributed by atoms with Crippen molar-refractivity contribution in [3.8, 4) is 0 Å². The van der Waals surface area contributed by atoms with Crippen molar-refractivity contribution >= 4 is 28.9 Å². The van der Waals surface area contributed by atoms with Gasteiger partial charge in [0, 0.05) is 50.5 Å². The number of nitrogens with one attached hydrogen (secondary N) is 2. The van der Waals surface area contributed by atoms with Gasteiger partial charge in [-0.2, -0.15) is 0 Å². The van der Waals surface area contributed by atoms with E-state index < -0.39 is 0 Å². The van der Waals surface area contributed by atoms with Gasteiger partial charge in [0.25, 0.3) is 0 Å². The monoisotopic (exact) mass is 371 g/mol. The summed E-state index contributed by atoms with van der Waals surface area (Å²) >= 11 is 0. The van der Waals surface area contributed by atoms with Gasteiger partial charge in [0.2, 0.25) is 11.8 Å². The minimum atomic E-state index is -0.348. The van der Waals surface area contributed by atoms with Gasteiger partial charge >= 0.3 is 0 Å². The van der Waals surface area contributed by atoms with Gasteiger partial charge < -0.3 is 15.5 Å². The highest BCUT2D eigenvalue weighted by atomic mass is 19.1. The maximum atomic E-state index is 13.3. The molecular weight excluding hydrogens is 349 g/mol. The molecule has 1 saturated heterocycles. The second-order valence-electron chi connectivity index (χ2n) is 6.43. The van der Waals surface area contributed by atoms with Crippen LogP contribution in [0.25, 0.3) is 0 Å². The van der Waals surface area contributed by atoms with Crippen molar-refractivity contribution in [1.29, 1.82) is 0 Å². The average Bonchev–Trinajstić information content (AvgIpc) is 2.63. The van der Waals surface area contributed by atoms with Crippen molar-refractivity contribution in [3.05, 3.63) is 48.5 Å². The summed E-state index contributed by atoms with van der Waals surface area (Å²) in [5.74, 6) is -0.582. The second kappa shape index (κ2) is 8.59. The predicted molar refractivity (Wildman–Crippen MR) is 102 cm³/mol. The highest BCUT2D eigenvalue weighted by Gasteiger charge is 2.19. The van der Waals surface area contributed by atoms with E-state index in [9.17, 15) is 14.0 Å². The molecule has 2 heterocycles. The number of aromatic nitrogens is 1. The Balaban J connectivity index is 1.46. The van der Waals surface area contributed by atoms with E-state index in [1.165, 1.54) is 19.2 Å². The first-order valence-corrected chi connectivity index (χ1v) is 8.75. The number of pyridine rings is 1. The maximum Gasteiger partial charge on any atom is 0.238 e. The number of hydrogen-bond donors (Lipinski definition) is 2. The molecule has 0 radical (unpaired) electrons. The Kier molecular flexibility index (Phi) is 5.97. The molecule has 0 spiro atoms. The average molecular weight is 371 g/mol. The number of benzene rings is 1. The van der Waals surface area contributed by atoms with Gasteiger partial charge in [0.1, 0.15) is 5.82 Å². The zero-order chi connectivity index (χ0) is 19.2. The van der Waals surface area contributed by atoms with Gasteiger partial charge in [-0.15, -0.1) is 0 Å². The molecule has 3 rings (SSSR count). The minimum absolute atomic E-state index is 0.0943.